The molecule has 0 radical (unpaired) electrons. The molecule has 0 saturated heterocycles. The third kappa shape index (κ3) is 17.5. The van der Waals surface area contributed by atoms with Gasteiger partial charge in [0.25, 0.3) is 0 Å². The van der Waals surface area contributed by atoms with Crippen LogP contribution in [-0.4, -0.2) is 55.4 Å². The fourth-order valence-corrected chi connectivity index (χ4v) is 0. The van der Waals surface area contributed by atoms with Crippen LogP contribution in [0.3, 0.4) is 0 Å². The van der Waals surface area contributed by atoms with Crippen LogP contribution >= 0.6 is 0 Å². The van der Waals surface area contributed by atoms with E-state index in [0.717, 1.165) is 0 Å². The molecular formula is C3ClF9O9S3Ti. The van der Waals surface area contributed by atoms with Crippen LogP contribution in [-0.2, 0) is 52.1 Å². The number of halogens is 10. The fourth-order valence-electron chi connectivity index (χ4n) is 0. The average Bonchev–Trinajstić information content (AvgIpc) is 2.08. The predicted octanol–water partition coefficient (Wildman–Crippen LogP) is -2.84. The molecule has 23 heteroatoms. The Bertz CT molecular complexity index is 602. The van der Waals surface area contributed by atoms with E-state index in [1.165, 1.54) is 0 Å². The predicted molar refractivity (Wildman–Crippen MR) is 47.3 cm³/mol. The van der Waals surface area contributed by atoms with Crippen LogP contribution in [0, 0.1) is 0 Å². The molecule has 26 heavy (non-hydrogen) atoms. The summed E-state index contributed by atoms with van der Waals surface area (Å²) in [7, 11) is -18.3. The molecule has 0 spiro atoms. The summed E-state index contributed by atoms with van der Waals surface area (Å²) in [5, 5.41) is 0. The molecule has 0 unspecified atom stereocenters. The van der Waals surface area contributed by atoms with Crippen LogP contribution in [0.25, 0.3) is 0 Å². The SMILES string of the molecule is O=S(=O)([O-])C(F)(F)F.O=S(=O)([O-])C(F)(F)F.O=S(=O)([O-])C(F)(F)F.[Cl-].[Ti+4]. The summed E-state index contributed by atoms with van der Waals surface area (Å²) in [6.45, 7) is 0. The zero-order chi connectivity index (χ0) is 21.0. The first kappa shape index (κ1) is 36.9. The topological polar surface area (TPSA) is 172 Å². The summed E-state index contributed by atoms with van der Waals surface area (Å²) in [5.41, 5.74) is -16.9. The van der Waals surface area contributed by atoms with E-state index in [9.17, 15) is 39.5 Å². The maximum Gasteiger partial charge on any atom is 4.00 e. The van der Waals surface area contributed by atoms with Gasteiger partial charge in [-0.2, -0.15) is 39.5 Å². The summed E-state index contributed by atoms with van der Waals surface area (Å²) in [6, 6.07) is 0. The fraction of sp³-hybridized carbons (Fsp3) is 1.00. The zero-order valence-corrected chi connectivity index (χ0v) is 15.4. The molecule has 0 atom stereocenters. The van der Waals surface area contributed by atoms with Crippen LogP contribution in [0.4, 0.5) is 39.5 Å². The van der Waals surface area contributed by atoms with E-state index < -0.39 is 46.9 Å². The van der Waals surface area contributed by atoms with E-state index in [4.69, 9.17) is 38.9 Å². The molecule has 0 fully saturated rings. The summed E-state index contributed by atoms with van der Waals surface area (Å²) in [5.74, 6) is 0. The molecule has 0 aromatic carbocycles. The molecule has 0 aliphatic carbocycles. The van der Waals surface area contributed by atoms with Gasteiger partial charge in [-0.25, -0.2) is 25.3 Å². The molecule has 9 nitrogen and oxygen atoms in total. The van der Waals surface area contributed by atoms with Gasteiger partial charge in [-0.3, -0.25) is 0 Å². The Hall–Kier alpha value is 0.104. The molecule has 0 N–H and O–H groups in total. The van der Waals surface area contributed by atoms with Gasteiger partial charge in [0.15, 0.2) is 30.4 Å². The first-order valence-electron chi connectivity index (χ1n) is 3.81. The number of alkyl halides is 9. The van der Waals surface area contributed by atoms with Crippen molar-refractivity contribution in [3.63, 3.8) is 0 Å². The molecule has 0 aromatic rings. The van der Waals surface area contributed by atoms with Crippen molar-refractivity contribution in [2.75, 3.05) is 0 Å². The normalized spacial score (nSPS) is 12.9. The van der Waals surface area contributed by atoms with Gasteiger partial charge in [0.2, 0.25) is 0 Å². The Balaban J connectivity index is -0.0000000817. The Morgan fingerprint density at radius 2 is 0.500 bits per heavy atom. The van der Waals surface area contributed by atoms with E-state index in [2.05, 4.69) is 0 Å². The monoisotopic (exact) mass is 530 g/mol. The molecule has 0 heterocycles. The molecule has 0 bridgehead atoms. The molecule has 0 saturated carbocycles. The maximum atomic E-state index is 10.7. The minimum absolute atomic E-state index is 0. The largest absolute Gasteiger partial charge is 4.00 e. The Labute approximate surface area is 159 Å². The number of rotatable bonds is 0. The van der Waals surface area contributed by atoms with Crippen molar-refractivity contribution in [3.8, 4) is 0 Å². The number of hydrogen-bond acceptors (Lipinski definition) is 9. The van der Waals surface area contributed by atoms with Gasteiger partial charge in [-0.15, -0.1) is 0 Å². The average molecular weight is 531 g/mol. The first-order valence-corrected chi connectivity index (χ1v) is 8.04. The van der Waals surface area contributed by atoms with Crippen LogP contribution in [0.5, 0.6) is 0 Å². The molecule has 0 rings (SSSR count). The van der Waals surface area contributed by atoms with E-state index in [-0.39, 0.29) is 34.1 Å². The van der Waals surface area contributed by atoms with Gasteiger partial charge in [0.05, 0.1) is 0 Å². The second kappa shape index (κ2) is 11.2. The molecule has 0 aliphatic rings. The molecule has 158 valence electrons. The first-order chi connectivity index (χ1) is 9.75. The van der Waals surface area contributed by atoms with Gasteiger partial charge in [0.1, 0.15) is 0 Å². The van der Waals surface area contributed by atoms with Gasteiger partial charge in [-0.05, 0) is 0 Å². The van der Waals surface area contributed by atoms with Crippen LogP contribution in [0.2, 0.25) is 0 Å². The smallest absolute Gasteiger partial charge is 1.00 e. The van der Waals surface area contributed by atoms with Crippen molar-refractivity contribution < 1.29 is 113 Å². The summed E-state index contributed by atoms with van der Waals surface area (Å²) in [6.07, 6.45) is 0. The quantitative estimate of drug-likeness (QED) is 0.138. The van der Waals surface area contributed by atoms with E-state index in [0.29, 0.717) is 0 Å². The van der Waals surface area contributed by atoms with E-state index >= 15 is 0 Å². The van der Waals surface area contributed by atoms with Gasteiger partial charge >= 0.3 is 38.2 Å². The van der Waals surface area contributed by atoms with Crippen molar-refractivity contribution in [3.05, 3.63) is 0 Å². The van der Waals surface area contributed by atoms with Gasteiger partial charge in [0, 0.05) is 0 Å². The Kier molecular flexibility index (Phi) is 15.9. The number of hydrogen-bond donors (Lipinski definition) is 0. The van der Waals surface area contributed by atoms with Crippen LogP contribution in [0.15, 0.2) is 0 Å². The van der Waals surface area contributed by atoms with Gasteiger partial charge in [-0.1, -0.05) is 0 Å². The second-order valence-electron chi connectivity index (χ2n) is 2.70. The standard InChI is InChI=1S/3CHF3O3S.ClH.Ti/c3*2-1(3,4)8(5,6)7;;/h3*(H,5,6,7);1H;/q;;;;+4/p-4. The van der Waals surface area contributed by atoms with Crippen molar-refractivity contribution in [1.29, 1.82) is 0 Å². The molecule has 0 aromatic heterocycles. The Morgan fingerprint density at radius 3 is 0.500 bits per heavy atom. The Morgan fingerprint density at radius 1 is 0.462 bits per heavy atom. The van der Waals surface area contributed by atoms with Crippen LogP contribution in [0.1, 0.15) is 0 Å². The summed E-state index contributed by atoms with van der Waals surface area (Å²) < 4.78 is 177. The second-order valence-corrected chi connectivity index (χ2v) is 6.81. The molecule has 0 amide bonds. The van der Waals surface area contributed by atoms with E-state index in [1.54, 1.807) is 0 Å². The molecular weight excluding hydrogens is 531 g/mol. The van der Waals surface area contributed by atoms with Crippen molar-refractivity contribution in [2.24, 2.45) is 0 Å². The van der Waals surface area contributed by atoms with Crippen molar-refractivity contribution in [2.45, 2.75) is 16.5 Å². The van der Waals surface area contributed by atoms with Crippen molar-refractivity contribution in [1.82, 2.24) is 0 Å². The maximum absolute atomic E-state index is 10.7. The van der Waals surface area contributed by atoms with Crippen molar-refractivity contribution >= 4 is 30.4 Å². The van der Waals surface area contributed by atoms with E-state index in [1.807, 2.05) is 0 Å². The third-order valence-corrected chi connectivity index (χ3v) is 2.55. The minimum Gasteiger partial charge on any atom is -1.00 e. The van der Waals surface area contributed by atoms with Crippen LogP contribution < -0.4 is 12.4 Å². The summed E-state index contributed by atoms with van der Waals surface area (Å²) in [4.78, 5) is 0. The zero-order valence-electron chi connectivity index (χ0n) is 10.7. The summed E-state index contributed by atoms with van der Waals surface area (Å²) >= 11 is 0. The molecule has 0 aliphatic heterocycles. The minimum atomic E-state index is -6.09. The third-order valence-electron chi connectivity index (χ3n) is 0.850. The van der Waals surface area contributed by atoms with Gasteiger partial charge < -0.3 is 26.1 Å².